The van der Waals surface area contributed by atoms with Gasteiger partial charge in [0.15, 0.2) is 9.84 Å². The molecule has 2 atom stereocenters. The molecule has 1 unspecified atom stereocenters. The number of hydrogen-bond donors (Lipinski definition) is 2. The Hall–Kier alpha value is -2.47. The molecule has 39 heavy (non-hydrogen) atoms. The van der Waals surface area contributed by atoms with E-state index >= 15 is 0 Å². The second-order valence-corrected chi connectivity index (χ2v) is 14.3. The first-order valence-electron chi connectivity index (χ1n) is 13.4. The van der Waals surface area contributed by atoms with Gasteiger partial charge in [0.25, 0.3) is 5.91 Å². The summed E-state index contributed by atoms with van der Waals surface area (Å²) in [5.74, 6) is 0.743. The minimum absolute atomic E-state index is 0.153. The SMILES string of the molecule is COc1ccc(CNC(=O)[C@H](CSCC2CCCCC2)NC(=O)C2N(C(=O)OC(C)(C)C)CCS2(=O)=O)cc1. The monoisotopic (exact) mass is 583 g/mol. The van der Waals surface area contributed by atoms with Crippen molar-refractivity contribution in [1.82, 2.24) is 15.5 Å². The van der Waals surface area contributed by atoms with Crippen molar-refractivity contribution in [2.24, 2.45) is 5.92 Å². The van der Waals surface area contributed by atoms with Gasteiger partial charge in [0.05, 0.1) is 12.9 Å². The van der Waals surface area contributed by atoms with E-state index in [4.69, 9.17) is 9.47 Å². The number of ether oxygens (including phenoxy) is 2. The van der Waals surface area contributed by atoms with E-state index in [1.54, 1.807) is 51.8 Å². The van der Waals surface area contributed by atoms with Gasteiger partial charge in [0, 0.05) is 18.8 Å². The predicted octanol–water partition coefficient (Wildman–Crippen LogP) is 3.10. The average molecular weight is 584 g/mol. The van der Waals surface area contributed by atoms with Crippen LogP contribution in [-0.4, -0.2) is 79.2 Å². The standard InChI is InChI=1S/C27H41N3O7S2/c1-27(2,3)37-26(33)30-14-15-39(34,35)25(30)24(32)29-22(18-38-17-20-8-6-5-7-9-20)23(31)28-16-19-10-12-21(36-4)13-11-19/h10-13,20,22,25H,5-9,14-18H2,1-4H3,(H,28,31)(H,29,32)/t22-,25?/m0/s1. The van der Waals surface area contributed by atoms with Gasteiger partial charge in [-0.3, -0.25) is 14.5 Å². The first-order valence-corrected chi connectivity index (χ1v) is 16.3. The first-order chi connectivity index (χ1) is 18.4. The highest BCUT2D eigenvalue weighted by Crippen LogP contribution is 2.27. The van der Waals surface area contributed by atoms with Gasteiger partial charge in [-0.2, -0.15) is 11.8 Å². The molecular formula is C27H41N3O7S2. The number of amides is 3. The van der Waals surface area contributed by atoms with E-state index in [0.717, 1.165) is 29.1 Å². The Balaban J connectivity index is 1.70. The molecule has 1 aromatic carbocycles. The van der Waals surface area contributed by atoms with Crippen LogP contribution in [0.4, 0.5) is 4.79 Å². The number of sulfone groups is 1. The number of thioether (sulfide) groups is 1. The topological polar surface area (TPSA) is 131 Å². The normalized spacial score (nSPS) is 20.2. The molecule has 1 heterocycles. The Bertz CT molecular complexity index is 1100. The van der Waals surface area contributed by atoms with Crippen molar-refractivity contribution in [3.8, 4) is 5.75 Å². The number of benzene rings is 1. The smallest absolute Gasteiger partial charge is 0.411 e. The largest absolute Gasteiger partial charge is 0.497 e. The molecule has 0 aromatic heterocycles. The zero-order valence-corrected chi connectivity index (χ0v) is 24.9. The van der Waals surface area contributed by atoms with Crippen LogP contribution in [0.5, 0.6) is 5.75 Å². The van der Waals surface area contributed by atoms with E-state index in [2.05, 4.69) is 10.6 Å². The van der Waals surface area contributed by atoms with Gasteiger partial charge < -0.3 is 20.1 Å². The molecule has 10 nitrogen and oxygen atoms in total. The van der Waals surface area contributed by atoms with Gasteiger partial charge in [-0.15, -0.1) is 0 Å². The highest BCUT2D eigenvalue weighted by Gasteiger charge is 2.48. The van der Waals surface area contributed by atoms with Crippen molar-refractivity contribution in [3.05, 3.63) is 29.8 Å². The molecule has 1 aliphatic heterocycles. The summed E-state index contributed by atoms with van der Waals surface area (Å²) in [7, 11) is -2.37. The summed E-state index contributed by atoms with van der Waals surface area (Å²) < 4.78 is 36.1. The third-order valence-corrected chi connectivity index (χ3v) is 9.89. The molecule has 2 fully saturated rings. The Morgan fingerprint density at radius 1 is 1.10 bits per heavy atom. The van der Waals surface area contributed by atoms with Gasteiger partial charge in [0.1, 0.15) is 17.4 Å². The van der Waals surface area contributed by atoms with Crippen molar-refractivity contribution in [2.75, 3.05) is 30.9 Å². The molecule has 2 N–H and O–H groups in total. The third kappa shape index (κ3) is 9.30. The van der Waals surface area contributed by atoms with Crippen LogP contribution in [-0.2, 0) is 30.7 Å². The van der Waals surface area contributed by atoms with Gasteiger partial charge in [0.2, 0.25) is 11.3 Å². The van der Waals surface area contributed by atoms with Gasteiger partial charge in [-0.05, 0) is 63.0 Å². The molecule has 1 aliphatic carbocycles. The zero-order chi connectivity index (χ0) is 28.6. The minimum Gasteiger partial charge on any atom is -0.497 e. The lowest BCUT2D eigenvalue weighted by Gasteiger charge is -2.28. The van der Waals surface area contributed by atoms with Crippen molar-refractivity contribution in [3.63, 3.8) is 0 Å². The number of hydrogen-bond acceptors (Lipinski definition) is 8. The highest BCUT2D eigenvalue weighted by atomic mass is 32.2. The molecule has 218 valence electrons. The third-order valence-electron chi connectivity index (χ3n) is 6.71. The Labute approximate surface area is 235 Å². The fourth-order valence-electron chi connectivity index (χ4n) is 4.65. The summed E-state index contributed by atoms with van der Waals surface area (Å²) in [6, 6.07) is 6.26. The minimum atomic E-state index is -3.94. The Morgan fingerprint density at radius 2 is 1.77 bits per heavy atom. The number of carbonyl (C=O) groups excluding carboxylic acids is 3. The molecule has 1 saturated carbocycles. The van der Waals surface area contributed by atoms with Crippen LogP contribution >= 0.6 is 11.8 Å². The molecule has 0 bridgehead atoms. The molecule has 1 saturated heterocycles. The van der Waals surface area contributed by atoms with Crippen molar-refractivity contribution >= 4 is 39.5 Å². The van der Waals surface area contributed by atoms with Crippen molar-refractivity contribution in [1.29, 1.82) is 0 Å². The van der Waals surface area contributed by atoms with Crippen LogP contribution in [0.1, 0.15) is 58.4 Å². The van der Waals surface area contributed by atoms with Gasteiger partial charge in [-0.1, -0.05) is 31.4 Å². The lowest BCUT2D eigenvalue weighted by molar-refractivity contribution is -0.129. The molecule has 3 amide bonds. The molecule has 0 spiro atoms. The zero-order valence-electron chi connectivity index (χ0n) is 23.2. The number of carbonyl (C=O) groups is 3. The average Bonchev–Trinajstić information content (AvgIpc) is 3.21. The van der Waals surface area contributed by atoms with E-state index in [9.17, 15) is 22.8 Å². The number of rotatable bonds is 10. The maximum Gasteiger partial charge on any atom is 0.411 e. The predicted molar refractivity (Wildman–Crippen MR) is 151 cm³/mol. The van der Waals surface area contributed by atoms with E-state index in [0.29, 0.717) is 11.7 Å². The fourth-order valence-corrected chi connectivity index (χ4v) is 7.57. The number of nitrogens with one attached hydrogen (secondary N) is 2. The summed E-state index contributed by atoms with van der Waals surface area (Å²) >= 11 is 1.58. The molecule has 2 aliphatic rings. The summed E-state index contributed by atoms with van der Waals surface area (Å²) in [6.45, 7) is 5.07. The lowest BCUT2D eigenvalue weighted by atomic mass is 9.91. The van der Waals surface area contributed by atoms with Crippen LogP contribution in [0.2, 0.25) is 0 Å². The van der Waals surface area contributed by atoms with E-state index in [1.165, 1.54) is 19.3 Å². The van der Waals surface area contributed by atoms with Crippen LogP contribution < -0.4 is 15.4 Å². The lowest BCUT2D eigenvalue weighted by Crippen LogP contribution is -2.56. The summed E-state index contributed by atoms with van der Waals surface area (Å²) in [4.78, 5) is 40.2. The number of nitrogens with zero attached hydrogens (tertiary/aromatic N) is 1. The van der Waals surface area contributed by atoms with Crippen LogP contribution in [0.25, 0.3) is 0 Å². The van der Waals surface area contributed by atoms with Gasteiger partial charge >= 0.3 is 6.09 Å². The first kappa shape index (κ1) is 31.1. The van der Waals surface area contributed by atoms with Crippen LogP contribution in [0.3, 0.4) is 0 Å². The van der Waals surface area contributed by atoms with E-state index in [-0.39, 0.29) is 24.6 Å². The highest BCUT2D eigenvalue weighted by molar-refractivity contribution is 7.99. The van der Waals surface area contributed by atoms with Crippen LogP contribution in [0.15, 0.2) is 24.3 Å². The summed E-state index contributed by atoms with van der Waals surface area (Å²) in [6.07, 6.45) is 5.08. The van der Waals surface area contributed by atoms with Crippen LogP contribution in [0, 0.1) is 5.92 Å². The summed E-state index contributed by atoms with van der Waals surface area (Å²) in [5.41, 5.74) is -0.0112. The van der Waals surface area contributed by atoms with Gasteiger partial charge in [-0.25, -0.2) is 13.2 Å². The Morgan fingerprint density at radius 3 is 2.38 bits per heavy atom. The molecule has 1 aromatic rings. The van der Waals surface area contributed by atoms with E-state index < -0.39 is 44.8 Å². The quantitative estimate of drug-likeness (QED) is 0.430. The van der Waals surface area contributed by atoms with Crippen molar-refractivity contribution in [2.45, 2.75) is 76.4 Å². The van der Waals surface area contributed by atoms with E-state index in [1.807, 2.05) is 12.1 Å². The maximum atomic E-state index is 13.3. The van der Waals surface area contributed by atoms with Crippen molar-refractivity contribution < 1.29 is 32.3 Å². The molecule has 12 heteroatoms. The molecular weight excluding hydrogens is 542 g/mol. The second-order valence-electron chi connectivity index (χ2n) is 11.1. The fraction of sp³-hybridized carbons (Fsp3) is 0.667. The molecule has 0 radical (unpaired) electrons. The second kappa shape index (κ2) is 13.7. The number of methoxy groups -OCH3 is 1. The maximum absolute atomic E-state index is 13.3. The Kier molecular flexibility index (Phi) is 10.9. The summed E-state index contributed by atoms with van der Waals surface area (Å²) in [5, 5.41) is 3.74. The molecule has 3 rings (SSSR count).